The van der Waals surface area contributed by atoms with Gasteiger partial charge >= 0.3 is 0 Å². The van der Waals surface area contributed by atoms with Gasteiger partial charge in [0.25, 0.3) is 0 Å². The highest BCUT2D eigenvalue weighted by Crippen LogP contribution is 2.32. The highest BCUT2D eigenvalue weighted by atomic mass is 32.2. The van der Waals surface area contributed by atoms with E-state index in [4.69, 9.17) is 0 Å². The van der Waals surface area contributed by atoms with Crippen molar-refractivity contribution in [1.82, 2.24) is 5.32 Å². The third-order valence-corrected chi connectivity index (χ3v) is 5.87. The fraction of sp³-hybridized carbons (Fsp3) is 0.538. The molecular formula is C13H19NO2S2. The summed E-state index contributed by atoms with van der Waals surface area (Å²) in [5.41, 5.74) is 0.589. The molecule has 0 bridgehead atoms. The molecule has 1 aromatic carbocycles. The molecule has 100 valence electrons. The molecule has 1 fully saturated rings. The van der Waals surface area contributed by atoms with Crippen LogP contribution in [0.15, 0.2) is 18.2 Å². The van der Waals surface area contributed by atoms with Crippen molar-refractivity contribution < 1.29 is 10.2 Å². The zero-order valence-electron chi connectivity index (χ0n) is 10.4. The standard InChI is InChI=1S/C13H19NO2S2/c1-9(13-11(15)3-2-4-12(13)16)14-7-10-8-17-5-6-18-10/h2-4,9-10,14-16H,5-8H2,1H3. The molecule has 3 nitrogen and oxygen atoms in total. The first-order valence-corrected chi connectivity index (χ1v) is 8.32. The van der Waals surface area contributed by atoms with E-state index < -0.39 is 0 Å². The molecule has 3 N–H and O–H groups in total. The van der Waals surface area contributed by atoms with Gasteiger partial charge in [-0.1, -0.05) is 6.07 Å². The number of phenolic OH excluding ortho intramolecular Hbond substituents is 2. The van der Waals surface area contributed by atoms with Gasteiger partial charge in [0.2, 0.25) is 0 Å². The van der Waals surface area contributed by atoms with Crippen molar-refractivity contribution in [2.75, 3.05) is 23.8 Å². The lowest BCUT2D eigenvalue weighted by atomic mass is 10.1. The van der Waals surface area contributed by atoms with E-state index in [0.717, 1.165) is 6.54 Å². The normalized spacial score (nSPS) is 21.7. The third kappa shape index (κ3) is 3.49. The van der Waals surface area contributed by atoms with E-state index in [-0.39, 0.29) is 17.5 Å². The Morgan fingerprint density at radius 3 is 2.67 bits per heavy atom. The predicted molar refractivity (Wildman–Crippen MR) is 79.8 cm³/mol. The van der Waals surface area contributed by atoms with E-state index in [1.165, 1.54) is 17.3 Å². The molecule has 5 heteroatoms. The molecule has 0 radical (unpaired) electrons. The zero-order chi connectivity index (χ0) is 13.0. The second kappa shape index (κ2) is 6.59. The summed E-state index contributed by atoms with van der Waals surface area (Å²) in [5.74, 6) is 3.95. The van der Waals surface area contributed by atoms with Gasteiger partial charge in [0.15, 0.2) is 0 Å². The molecule has 0 saturated carbocycles. The van der Waals surface area contributed by atoms with Crippen LogP contribution < -0.4 is 5.32 Å². The van der Waals surface area contributed by atoms with Crippen LogP contribution in [-0.4, -0.2) is 39.3 Å². The summed E-state index contributed by atoms with van der Waals surface area (Å²) in [5, 5.41) is 23.6. The van der Waals surface area contributed by atoms with Crippen LogP contribution in [0.2, 0.25) is 0 Å². The molecule has 0 aliphatic carbocycles. The monoisotopic (exact) mass is 285 g/mol. The lowest BCUT2D eigenvalue weighted by Crippen LogP contribution is -2.30. The van der Waals surface area contributed by atoms with Crippen molar-refractivity contribution in [3.05, 3.63) is 23.8 Å². The minimum Gasteiger partial charge on any atom is -0.507 e. The number of phenols is 2. The number of hydrogen-bond acceptors (Lipinski definition) is 5. The van der Waals surface area contributed by atoms with Gasteiger partial charge in [0, 0.05) is 35.1 Å². The molecule has 1 saturated heterocycles. The van der Waals surface area contributed by atoms with Gasteiger partial charge in [-0.3, -0.25) is 0 Å². The second-order valence-corrected chi connectivity index (χ2v) is 6.97. The Bertz CT molecular complexity index is 374. The van der Waals surface area contributed by atoms with Crippen LogP contribution in [0.3, 0.4) is 0 Å². The Morgan fingerprint density at radius 1 is 1.33 bits per heavy atom. The van der Waals surface area contributed by atoms with E-state index in [1.54, 1.807) is 18.2 Å². The molecule has 18 heavy (non-hydrogen) atoms. The smallest absolute Gasteiger partial charge is 0.124 e. The average Bonchev–Trinajstić information content (AvgIpc) is 2.37. The number of benzene rings is 1. The predicted octanol–water partition coefficient (Wildman–Crippen LogP) is 2.60. The maximum atomic E-state index is 9.79. The second-order valence-electron chi connectivity index (χ2n) is 4.41. The highest BCUT2D eigenvalue weighted by Gasteiger charge is 2.18. The van der Waals surface area contributed by atoms with E-state index in [9.17, 15) is 10.2 Å². The van der Waals surface area contributed by atoms with Crippen LogP contribution in [0, 0.1) is 0 Å². The maximum absolute atomic E-state index is 9.79. The van der Waals surface area contributed by atoms with Gasteiger partial charge in [0.1, 0.15) is 11.5 Å². The van der Waals surface area contributed by atoms with Gasteiger partial charge in [-0.05, 0) is 19.1 Å². The maximum Gasteiger partial charge on any atom is 0.124 e. The van der Waals surface area contributed by atoms with E-state index in [2.05, 4.69) is 5.32 Å². The SMILES string of the molecule is CC(NCC1CSCCS1)c1c(O)cccc1O. The average molecular weight is 285 g/mol. The fourth-order valence-electron chi connectivity index (χ4n) is 2.05. The van der Waals surface area contributed by atoms with Crippen LogP contribution in [-0.2, 0) is 0 Å². The number of aromatic hydroxyl groups is 2. The van der Waals surface area contributed by atoms with E-state index in [0.29, 0.717) is 10.8 Å². The highest BCUT2D eigenvalue weighted by molar-refractivity contribution is 8.06. The summed E-state index contributed by atoms with van der Waals surface area (Å²) >= 11 is 4.00. The van der Waals surface area contributed by atoms with Gasteiger partial charge < -0.3 is 15.5 Å². The van der Waals surface area contributed by atoms with Gasteiger partial charge in [-0.25, -0.2) is 0 Å². The summed E-state index contributed by atoms with van der Waals surface area (Å²) in [6, 6.07) is 4.82. The van der Waals surface area contributed by atoms with Crippen molar-refractivity contribution in [2.45, 2.75) is 18.2 Å². The van der Waals surface area contributed by atoms with Crippen molar-refractivity contribution in [3.8, 4) is 11.5 Å². The molecule has 1 aromatic rings. The molecule has 1 aliphatic rings. The zero-order valence-corrected chi connectivity index (χ0v) is 12.1. The van der Waals surface area contributed by atoms with Gasteiger partial charge in [-0.2, -0.15) is 23.5 Å². The lowest BCUT2D eigenvalue weighted by Gasteiger charge is -2.24. The number of nitrogens with one attached hydrogen (secondary N) is 1. The Hall–Kier alpha value is -0.520. The van der Waals surface area contributed by atoms with Crippen LogP contribution >= 0.6 is 23.5 Å². The van der Waals surface area contributed by atoms with Crippen molar-refractivity contribution in [1.29, 1.82) is 0 Å². The molecule has 1 aliphatic heterocycles. The van der Waals surface area contributed by atoms with Gasteiger partial charge in [-0.15, -0.1) is 0 Å². The molecule has 2 rings (SSSR count). The summed E-state index contributed by atoms with van der Waals surface area (Å²) in [6.45, 7) is 2.88. The Kier molecular flexibility index (Phi) is 5.09. The number of hydrogen-bond donors (Lipinski definition) is 3. The quantitative estimate of drug-likeness (QED) is 0.794. The molecule has 0 aromatic heterocycles. The Morgan fingerprint density at radius 2 is 2.06 bits per heavy atom. The van der Waals surface area contributed by atoms with Crippen molar-refractivity contribution in [2.24, 2.45) is 0 Å². The minimum absolute atomic E-state index is 0.0428. The molecule has 2 atom stereocenters. The molecule has 0 spiro atoms. The van der Waals surface area contributed by atoms with Crippen LogP contribution in [0.5, 0.6) is 11.5 Å². The van der Waals surface area contributed by atoms with Crippen molar-refractivity contribution >= 4 is 23.5 Å². The minimum atomic E-state index is -0.0428. The number of thioether (sulfide) groups is 2. The van der Waals surface area contributed by atoms with Crippen molar-refractivity contribution in [3.63, 3.8) is 0 Å². The van der Waals surface area contributed by atoms with Crippen LogP contribution in [0.25, 0.3) is 0 Å². The molecule has 0 amide bonds. The van der Waals surface area contributed by atoms with E-state index in [1.807, 2.05) is 30.4 Å². The summed E-state index contributed by atoms with van der Waals surface area (Å²) < 4.78 is 0. The number of rotatable bonds is 4. The summed E-state index contributed by atoms with van der Waals surface area (Å²) in [7, 11) is 0. The summed E-state index contributed by atoms with van der Waals surface area (Å²) in [4.78, 5) is 0. The molecule has 1 heterocycles. The van der Waals surface area contributed by atoms with Crippen LogP contribution in [0.1, 0.15) is 18.5 Å². The third-order valence-electron chi connectivity index (χ3n) is 3.03. The van der Waals surface area contributed by atoms with Crippen LogP contribution in [0.4, 0.5) is 0 Å². The first-order valence-electron chi connectivity index (χ1n) is 6.12. The first-order chi connectivity index (χ1) is 8.68. The lowest BCUT2D eigenvalue weighted by molar-refractivity contribution is 0.419. The molecular weight excluding hydrogens is 266 g/mol. The topological polar surface area (TPSA) is 52.5 Å². The summed E-state index contributed by atoms with van der Waals surface area (Å²) in [6.07, 6.45) is 0. The van der Waals surface area contributed by atoms with E-state index >= 15 is 0 Å². The molecule has 2 unspecified atom stereocenters. The fourth-order valence-corrected chi connectivity index (χ4v) is 4.67. The van der Waals surface area contributed by atoms with Gasteiger partial charge in [0.05, 0.1) is 5.56 Å². The Balaban J connectivity index is 1.92. The first kappa shape index (κ1) is 13.9. The Labute approximate surface area is 116 Å². The largest absolute Gasteiger partial charge is 0.507 e.